The monoisotopic (exact) mass is 1610 g/mol. The van der Waals surface area contributed by atoms with E-state index in [1.807, 2.05) is 24.3 Å². The second-order valence-corrected chi connectivity index (χ2v) is 28.6. The van der Waals surface area contributed by atoms with E-state index in [2.05, 4.69) is 102 Å². The third kappa shape index (κ3) is 23.7. The summed E-state index contributed by atoms with van der Waals surface area (Å²) in [5.74, 6) is -10.2. The van der Waals surface area contributed by atoms with Crippen LogP contribution in [0.2, 0.25) is 0 Å². The summed E-state index contributed by atoms with van der Waals surface area (Å²) in [5, 5.41) is 117. The van der Waals surface area contributed by atoms with Crippen molar-refractivity contribution in [2.75, 3.05) is 107 Å². The van der Waals surface area contributed by atoms with Gasteiger partial charge < -0.3 is 125 Å². The molecule has 13 N–H and O–H groups in total. The first-order valence-corrected chi connectivity index (χ1v) is 37.3. The molecule has 0 bridgehead atoms. The average Bonchev–Trinajstić information content (AvgIpc) is 1.63. The Morgan fingerprint density at radius 3 is 1.83 bits per heavy atom. The zero-order valence-corrected chi connectivity index (χ0v) is 66.1. The molecule has 15 atom stereocenters. The standard InChI is InChI=1S/C75H99N11O25S.Na/c1-7-29-105-74(102)84(53(40-87)41-88)24-23-58(92)64-73(101)86-36-42(3)66(94)65(86)71(99)76-35-54(90)33-56(77-67(95)49-12-10-47(11-13-49)48-14-16-50(17-15-48)81-25-27-82(28-26-81)51-18-20-52(21-19-51)83-37-43(4)107-44(5)38-83)68(96)78-62(45(6)89)72(100)85-39-55(91)34-57(85)69(97)79-63(70(98)80-64)59(93)31-46-9-22-60(108-75(103)106-30-8-2)61(32-46)109-112-111-110-104;/h7-22,32,42-45,53-59,62-66,87-94,104H,1-2,23-31,33-41H2,3-6H3,(H,76,99)(H,77,95)(H,78,96)(H,79,97)(H,80,98);/q;+1/p-1/t42-,43-,44+,45+,54+,55+,56?,57-,58+,59+,62-,63-,64-,65-,66-;/m0./s1. The van der Waals surface area contributed by atoms with Crippen LogP contribution in [0.25, 0.3) is 11.1 Å². The van der Waals surface area contributed by atoms with E-state index in [-0.39, 0.29) is 84.2 Å². The van der Waals surface area contributed by atoms with E-state index in [4.69, 9.17) is 23.1 Å². The summed E-state index contributed by atoms with van der Waals surface area (Å²) in [7, 11) is 0. The summed E-state index contributed by atoms with van der Waals surface area (Å²) < 4.78 is 30.7. The molecule has 5 aliphatic rings. The number of aliphatic hydroxyl groups excluding tert-OH is 8. The predicted octanol–water partition coefficient (Wildman–Crippen LogP) is -4.52. The van der Waals surface area contributed by atoms with E-state index < -0.39 is 209 Å². The Kier molecular flexibility index (Phi) is 33.8. The molecule has 5 heterocycles. The maximum atomic E-state index is 15.4. The van der Waals surface area contributed by atoms with Crippen LogP contribution in [0.3, 0.4) is 0 Å². The molecule has 5 saturated heterocycles. The van der Waals surface area contributed by atoms with Crippen LogP contribution in [0.4, 0.5) is 26.7 Å². The van der Waals surface area contributed by atoms with Gasteiger partial charge in [-0.2, -0.15) is 0 Å². The van der Waals surface area contributed by atoms with Gasteiger partial charge in [0.25, 0.3) is 18.2 Å². The minimum absolute atomic E-state index is 0. The minimum Gasteiger partial charge on any atom is -0.691 e. The fourth-order valence-electron chi connectivity index (χ4n) is 14.1. The average molecular weight is 1610 g/mol. The largest absolute Gasteiger partial charge is 1.00 e. The SMILES string of the molecule is C=CCOC(=O)Oc1ccc(C[C@@H](O)[C@@H]2NC(=O)[C@@H]3C[C@@H](O)CN3C(=O)[C@H]([C@@H](C)O)NC(=O)C(NC(=O)c3ccc(-c4ccc(N5CCN(c6ccc(N7C[C@@H](C)O[C@@H](C)C7)cc6)CC5)cc4)cc3)C[C@@H](O)CNC(=O)[C@@H]3[C@@H](O)[C@@H](C)CN3C(=O)[C@H]([C@H](O)CCN(C(=O)OCC=C)C(CO)CO)NC2=O)cc1OSOO[O-].[Na+]. The van der Waals surface area contributed by atoms with E-state index in [0.29, 0.717) is 0 Å². The Bertz CT molecular complexity index is 3890. The number of hydrogen-bond donors (Lipinski definition) is 13. The Morgan fingerprint density at radius 2 is 1.24 bits per heavy atom. The summed E-state index contributed by atoms with van der Waals surface area (Å²) in [4.78, 5) is 140. The molecule has 8 amide bonds. The third-order valence-corrected chi connectivity index (χ3v) is 20.3. The molecule has 38 heteroatoms. The van der Waals surface area contributed by atoms with Crippen molar-refractivity contribution < 1.29 is 151 Å². The summed E-state index contributed by atoms with van der Waals surface area (Å²) >= 11 is -0.0592. The Morgan fingerprint density at radius 1 is 0.673 bits per heavy atom. The predicted molar refractivity (Wildman–Crippen MR) is 400 cm³/mol. The molecule has 4 aromatic rings. The first kappa shape index (κ1) is 89.8. The second-order valence-electron chi connectivity index (χ2n) is 28.2. The molecule has 0 aliphatic carbocycles. The number of benzene rings is 4. The van der Waals surface area contributed by atoms with Gasteiger partial charge in [0.15, 0.2) is 11.5 Å². The van der Waals surface area contributed by atoms with Crippen LogP contribution in [-0.2, 0) is 58.8 Å². The first-order valence-electron chi connectivity index (χ1n) is 36.7. The van der Waals surface area contributed by atoms with Gasteiger partial charge in [-0.25, -0.2) is 9.59 Å². The Labute approximate surface area is 678 Å². The van der Waals surface area contributed by atoms with Crippen LogP contribution >= 0.6 is 12.3 Å². The minimum atomic E-state index is -2.32. The normalized spacial score (nSPS) is 25.0. The molecule has 0 spiro atoms. The Balaban J connectivity index is 0.0000160. The van der Waals surface area contributed by atoms with E-state index in [1.54, 1.807) is 12.1 Å². The number of nitrogens with zero attached hydrogens (tertiary/aromatic N) is 6. The molecule has 0 radical (unpaired) electrons. The van der Waals surface area contributed by atoms with Gasteiger partial charge in [-0.05, 0) is 105 Å². The zero-order chi connectivity index (χ0) is 81.0. The molecule has 9 rings (SSSR count). The number of aliphatic hydroxyl groups is 8. The van der Waals surface area contributed by atoms with Gasteiger partial charge in [0.2, 0.25) is 35.4 Å². The van der Waals surface area contributed by atoms with E-state index in [1.165, 1.54) is 37.3 Å². The number of β-amino-alcohol motifs (C(OH)–C–C–N with tert-alkyl or cyclic N) is 1. The van der Waals surface area contributed by atoms with Crippen molar-refractivity contribution in [1.29, 1.82) is 0 Å². The molecule has 1 unspecified atom stereocenters. The van der Waals surface area contributed by atoms with Crippen LogP contribution in [-0.4, -0.2) is 292 Å². The van der Waals surface area contributed by atoms with Gasteiger partial charge in [0.1, 0.15) is 49.5 Å². The maximum Gasteiger partial charge on any atom is 1.00 e. The van der Waals surface area contributed by atoms with Gasteiger partial charge in [-0.1, -0.05) is 62.6 Å². The fraction of sp³-hybridized carbons (Fsp3) is 0.507. The van der Waals surface area contributed by atoms with Crippen molar-refractivity contribution in [1.82, 2.24) is 41.3 Å². The molecule has 36 nitrogen and oxygen atoms in total. The third-order valence-electron chi connectivity index (χ3n) is 20.0. The van der Waals surface area contributed by atoms with Crippen LogP contribution < -0.4 is 85.0 Å². The number of hydrogen-bond acceptors (Lipinski definition) is 29. The molecular weight excluding hydrogens is 1510 g/mol. The van der Waals surface area contributed by atoms with Crippen molar-refractivity contribution in [3.63, 3.8) is 0 Å². The van der Waals surface area contributed by atoms with Crippen LogP contribution in [0.5, 0.6) is 11.5 Å². The molecule has 610 valence electrons. The van der Waals surface area contributed by atoms with Gasteiger partial charge in [0.05, 0.1) is 68.1 Å². The number of fused-ring (bicyclic) bond motifs is 2. The van der Waals surface area contributed by atoms with Gasteiger partial charge in [0, 0.05) is 113 Å². The molecule has 0 aromatic heterocycles. The summed E-state index contributed by atoms with van der Waals surface area (Å²) in [6.07, 6.45) is -13.6. The number of anilines is 3. The van der Waals surface area contributed by atoms with E-state index in [9.17, 15) is 79.7 Å². The van der Waals surface area contributed by atoms with Crippen molar-refractivity contribution >= 4 is 83.0 Å². The van der Waals surface area contributed by atoms with Crippen molar-refractivity contribution in [3.8, 4) is 22.6 Å². The number of ether oxygens (including phenoxy) is 4. The topological polar surface area (TPSA) is 483 Å². The number of carbonyl (C=O) groups is 9. The zero-order valence-electron chi connectivity index (χ0n) is 63.3. The molecule has 113 heavy (non-hydrogen) atoms. The van der Waals surface area contributed by atoms with Crippen LogP contribution in [0, 0.1) is 5.92 Å². The fourth-order valence-corrected chi connectivity index (χ4v) is 14.4. The van der Waals surface area contributed by atoms with Gasteiger partial charge in [-0.15, -0.1) is 4.33 Å². The number of rotatable bonds is 26. The Hall–Kier alpha value is -8.74. The molecule has 5 aliphatic heterocycles. The molecule has 5 fully saturated rings. The van der Waals surface area contributed by atoms with Crippen molar-refractivity contribution in [3.05, 3.63) is 127 Å². The maximum absolute atomic E-state index is 15.4. The molecular formula is C75H98N11NaO25S. The van der Waals surface area contributed by atoms with Crippen LogP contribution in [0.1, 0.15) is 62.9 Å². The molecule has 0 saturated carbocycles. The van der Waals surface area contributed by atoms with Crippen molar-refractivity contribution in [2.45, 2.75) is 145 Å². The second kappa shape index (κ2) is 42.6. The summed E-state index contributed by atoms with van der Waals surface area (Å²) in [6.45, 7) is 13.7. The van der Waals surface area contributed by atoms with E-state index in [0.717, 1.165) is 101 Å². The van der Waals surface area contributed by atoms with Gasteiger partial charge >= 0.3 is 41.8 Å². The molecule has 4 aromatic carbocycles. The first-order chi connectivity index (χ1) is 53.6. The van der Waals surface area contributed by atoms with Crippen molar-refractivity contribution in [2.24, 2.45) is 5.92 Å². The number of morpholine rings is 1. The summed E-state index contributed by atoms with van der Waals surface area (Å²) in [5.41, 5.74) is 4.89. The number of amides is 8. The van der Waals surface area contributed by atoms with E-state index >= 15 is 9.59 Å². The summed E-state index contributed by atoms with van der Waals surface area (Å²) in [6, 6.07) is 12.9. The van der Waals surface area contributed by atoms with Gasteiger partial charge in [-0.3, -0.25) is 38.6 Å². The smallest absolute Gasteiger partial charge is 0.691 e. The quantitative estimate of drug-likeness (QED) is 0.00412. The number of piperazine rings is 1. The number of nitrogens with one attached hydrogen (secondary N) is 5. The number of carbonyl (C=O) groups excluding carboxylic acids is 9. The van der Waals surface area contributed by atoms with Crippen LogP contribution in [0.15, 0.2) is 116 Å².